The molecule has 5 nitrogen and oxygen atoms in total. The van der Waals surface area contributed by atoms with E-state index in [1.165, 1.54) is 5.56 Å². The Morgan fingerprint density at radius 2 is 1.59 bits per heavy atom. The lowest BCUT2D eigenvalue weighted by molar-refractivity contribution is -0.137. The van der Waals surface area contributed by atoms with Gasteiger partial charge in [-0.05, 0) is 11.6 Å². The third-order valence-electron chi connectivity index (χ3n) is 5.38. The van der Waals surface area contributed by atoms with E-state index in [0.29, 0.717) is 0 Å². The van der Waals surface area contributed by atoms with Crippen LogP contribution in [0.5, 0.6) is 5.75 Å². The van der Waals surface area contributed by atoms with Gasteiger partial charge in [0.15, 0.2) is 0 Å². The smallest absolute Gasteiger partial charge is 0.227 e. The number of piperazine rings is 1. The maximum Gasteiger partial charge on any atom is 0.227 e. The van der Waals surface area contributed by atoms with Crippen molar-refractivity contribution < 1.29 is 9.53 Å². The second-order valence-electron chi connectivity index (χ2n) is 7.14. The number of hydrogen-bond acceptors (Lipinski definition) is 4. The van der Waals surface area contributed by atoms with Crippen molar-refractivity contribution in [2.24, 2.45) is 11.7 Å². The van der Waals surface area contributed by atoms with Crippen LogP contribution in [0.3, 0.4) is 0 Å². The monoisotopic (exact) mass is 439 g/mol. The minimum Gasteiger partial charge on any atom is -0.496 e. The molecule has 1 fully saturated rings. The largest absolute Gasteiger partial charge is 0.496 e. The third kappa shape index (κ3) is 6.34. The predicted octanol–water partition coefficient (Wildman–Crippen LogP) is 3.52. The molecule has 2 atom stereocenters. The van der Waals surface area contributed by atoms with Gasteiger partial charge in [-0.1, -0.05) is 55.5 Å². The Morgan fingerprint density at radius 3 is 2.21 bits per heavy atom. The first kappa shape index (κ1) is 25.2. The van der Waals surface area contributed by atoms with E-state index in [2.05, 4.69) is 11.0 Å². The van der Waals surface area contributed by atoms with Crippen molar-refractivity contribution in [2.75, 3.05) is 33.3 Å². The highest BCUT2D eigenvalue weighted by molar-refractivity contribution is 5.85. The number of rotatable bonds is 6. The number of ether oxygens (including phenoxy) is 1. The summed E-state index contributed by atoms with van der Waals surface area (Å²) in [6.07, 6.45) is 0. The van der Waals surface area contributed by atoms with Gasteiger partial charge in [-0.25, -0.2) is 0 Å². The van der Waals surface area contributed by atoms with E-state index in [9.17, 15) is 4.79 Å². The predicted molar refractivity (Wildman–Crippen MR) is 122 cm³/mol. The van der Waals surface area contributed by atoms with Crippen LogP contribution in [-0.4, -0.2) is 49.0 Å². The molecule has 3 rings (SSSR count). The molecule has 1 saturated heterocycles. The highest BCUT2D eigenvalue weighted by atomic mass is 35.5. The van der Waals surface area contributed by atoms with Crippen LogP contribution in [0.4, 0.5) is 0 Å². The summed E-state index contributed by atoms with van der Waals surface area (Å²) in [6.45, 7) is 5.96. The highest BCUT2D eigenvalue weighted by Gasteiger charge is 2.29. The number of para-hydroxylation sites is 1. The van der Waals surface area contributed by atoms with Gasteiger partial charge in [0.2, 0.25) is 5.91 Å². The first-order chi connectivity index (χ1) is 13.1. The molecule has 2 aromatic rings. The number of hydrogen-bond donors (Lipinski definition) is 1. The molecule has 0 aliphatic carbocycles. The second-order valence-corrected chi connectivity index (χ2v) is 7.14. The van der Waals surface area contributed by atoms with Crippen molar-refractivity contribution in [1.29, 1.82) is 0 Å². The van der Waals surface area contributed by atoms with E-state index in [4.69, 9.17) is 10.5 Å². The van der Waals surface area contributed by atoms with E-state index in [-0.39, 0.29) is 42.7 Å². The van der Waals surface area contributed by atoms with Crippen molar-refractivity contribution in [3.8, 4) is 5.75 Å². The SMILES string of the molecule is COc1ccccc1CN1CCN(C(=O)C(C)C(N)c2ccccc2)CC1.Cl.Cl. The Morgan fingerprint density at radius 1 is 1.00 bits per heavy atom. The van der Waals surface area contributed by atoms with Gasteiger partial charge >= 0.3 is 0 Å². The lowest BCUT2D eigenvalue weighted by atomic mass is 9.94. The number of nitrogens with two attached hydrogens (primary N) is 1. The van der Waals surface area contributed by atoms with E-state index >= 15 is 0 Å². The minimum absolute atomic E-state index is 0. The zero-order valence-corrected chi connectivity index (χ0v) is 18.6. The Labute approximate surface area is 186 Å². The average Bonchev–Trinajstić information content (AvgIpc) is 2.73. The number of carbonyl (C=O) groups is 1. The standard InChI is InChI=1S/C22H29N3O2.2ClH/c1-17(21(23)18-8-4-3-5-9-18)22(26)25-14-12-24(13-15-25)16-19-10-6-7-11-20(19)27-2;;/h3-11,17,21H,12-16,23H2,1-2H3;2*1H. The van der Waals surface area contributed by atoms with Gasteiger partial charge in [-0.15, -0.1) is 24.8 Å². The molecule has 0 bridgehead atoms. The minimum atomic E-state index is -0.273. The molecule has 2 N–H and O–H groups in total. The topological polar surface area (TPSA) is 58.8 Å². The summed E-state index contributed by atoms with van der Waals surface area (Å²) in [6, 6.07) is 17.7. The van der Waals surface area contributed by atoms with E-state index in [1.807, 2.05) is 60.4 Å². The fraction of sp³-hybridized carbons (Fsp3) is 0.409. The molecule has 0 aromatic heterocycles. The van der Waals surface area contributed by atoms with Crippen LogP contribution in [-0.2, 0) is 11.3 Å². The first-order valence-electron chi connectivity index (χ1n) is 9.53. The maximum absolute atomic E-state index is 12.9. The van der Waals surface area contributed by atoms with Gasteiger partial charge in [0.05, 0.1) is 13.0 Å². The van der Waals surface area contributed by atoms with Crippen LogP contribution in [0.15, 0.2) is 54.6 Å². The molecule has 1 aliphatic heterocycles. The van der Waals surface area contributed by atoms with Crippen LogP contribution >= 0.6 is 24.8 Å². The molecule has 1 amide bonds. The van der Waals surface area contributed by atoms with E-state index in [1.54, 1.807) is 7.11 Å². The van der Waals surface area contributed by atoms with Gasteiger partial charge in [0, 0.05) is 44.3 Å². The normalized spacial score (nSPS) is 16.2. The van der Waals surface area contributed by atoms with E-state index in [0.717, 1.165) is 44.0 Å². The lowest BCUT2D eigenvalue weighted by Gasteiger charge is -2.37. The molecule has 29 heavy (non-hydrogen) atoms. The number of halogens is 2. The van der Waals surface area contributed by atoms with Crippen molar-refractivity contribution in [3.05, 3.63) is 65.7 Å². The van der Waals surface area contributed by atoms with Gasteiger partial charge in [-0.3, -0.25) is 9.69 Å². The molecular formula is C22H31Cl2N3O2. The highest BCUT2D eigenvalue weighted by Crippen LogP contribution is 2.23. The summed E-state index contributed by atoms with van der Waals surface area (Å²) in [4.78, 5) is 17.2. The molecule has 1 aliphatic rings. The number of nitrogens with zero attached hydrogens (tertiary/aromatic N) is 2. The van der Waals surface area contributed by atoms with Gasteiger partial charge in [0.25, 0.3) is 0 Å². The summed E-state index contributed by atoms with van der Waals surface area (Å²) in [5, 5.41) is 0. The second kappa shape index (κ2) is 12.0. The molecule has 0 radical (unpaired) electrons. The Bertz CT molecular complexity index is 753. The van der Waals surface area contributed by atoms with Crippen molar-refractivity contribution in [3.63, 3.8) is 0 Å². The molecular weight excluding hydrogens is 409 g/mol. The van der Waals surface area contributed by atoms with Crippen molar-refractivity contribution >= 4 is 30.7 Å². The Kier molecular flexibility index (Phi) is 10.5. The van der Waals surface area contributed by atoms with Crippen molar-refractivity contribution in [2.45, 2.75) is 19.5 Å². The van der Waals surface area contributed by atoms with Gasteiger partial charge in [0.1, 0.15) is 5.75 Å². The fourth-order valence-corrected chi connectivity index (χ4v) is 3.61. The number of methoxy groups -OCH3 is 1. The molecule has 7 heteroatoms. The summed E-state index contributed by atoms with van der Waals surface area (Å²) < 4.78 is 5.44. The molecule has 0 saturated carbocycles. The molecule has 160 valence electrons. The molecule has 2 unspecified atom stereocenters. The zero-order chi connectivity index (χ0) is 19.2. The average molecular weight is 440 g/mol. The summed E-state index contributed by atoms with van der Waals surface area (Å²) >= 11 is 0. The summed E-state index contributed by atoms with van der Waals surface area (Å²) in [7, 11) is 1.70. The fourth-order valence-electron chi connectivity index (χ4n) is 3.61. The Balaban J connectivity index is 0.00000210. The third-order valence-corrected chi connectivity index (χ3v) is 5.38. The quantitative estimate of drug-likeness (QED) is 0.747. The molecule has 2 aromatic carbocycles. The van der Waals surface area contributed by atoms with Crippen molar-refractivity contribution in [1.82, 2.24) is 9.80 Å². The van der Waals surface area contributed by atoms with Crippen LogP contribution in [0.1, 0.15) is 24.1 Å². The Hall–Kier alpha value is -1.79. The maximum atomic E-state index is 12.9. The number of carbonyl (C=O) groups excluding carboxylic acids is 1. The van der Waals surface area contributed by atoms with Crippen LogP contribution in [0, 0.1) is 5.92 Å². The van der Waals surface area contributed by atoms with E-state index < -0.39 is 0 Å². The summed E-state index contributed by atoms with van der Waals surface area (Å²) in [5.41, 5.74) is 8.52. The van der Waals surface area contributed by atoms with Gasteiger partial charge < -0.3 is 15.4 Å². The summed E-state index contributed by atoms with van der Waals surface area (Å²) in [5.74, 6) is 0.829. The molecule has 1 heterocycles. The first-order valence-corrected chi connectivity index (χ1v) is 9.53. The lowest BCUT2D eigenvalue weighted by Crippen LogP contribution is -2.50. The molecule has 0 spiro atoms. The van der Waals surface area contributed by atoms with Gasteiger partial charge in [-0.2, -0.15) is 0 Å². The van der Waals surface area contributed by atoms with Crippen LogP contribution in [0.25, 0.3) is 0 Å². The number of benzene rings is 2. The van der Waals surface area contributed by atoms with Crippen LogP contribution < -0.4 is 10.5 Å². The zero-order valence-electron chi connectivity index (χ0n) is 17.0. The van der Waals surface area contributed by atoms with Crippen LogP contribution in [0.2, 0.25) is 0 Å². The number of amides is 1.